The average molecular weight is 455 g/mol. The SMILES string of the molecule is CC(C)c1cn2cccc2c(N2CC[C@H](NC(=O)c3csc(N4CCC(O)CC4)n3)C2)n1. The van der Waals surface area contributed by atoms with E-state index in [-0.39, 0.29) is 18.1 Å². The largest absolute Gasteiger partial charge is 0.393 e. The fourth-order valence-corrected chi connectivity index (χ4v) is 5.32. The van der Waals surface area contributed by atoms with Gasteiger partial charge in [0.25, 0.3) is 5.91 Å². The molecule has 5 heterocycles. The normalized spacial score (nSPS) is 19.9. The van der Waals surface area contributed by atoms with Crippen molar-refractivity contribution < 1.29 is 9.90 Å². The highest BCUT2D eigenvalue weighted by Crippen LogP contribution is 2.27. The number of thiazole rings is 1. The lowest BCUT2D eigenvalue weighted by Crippen LogP contribution is -2.38. The molecule has 9 heteroatoms. The van der Waals surface area contributed by atoms with Crippen LogP contribution in [0.1, 0.15) is 55.2 Å². The smallest absolute Gasteiger partial charge is 0.271 e. The maximum atomic E-state index is 12.8. The number of aliphatic hydroxyl groups excluding tert-OH is 1. The number of aliphatic hydroxyl groups is 1. The number of carbonyl (C=O) groups excluding carboxylic acids is 1. The van der Waals surface area contributed by atoms with Crippen molar-refractivity contribution in [3.63, 3.8) is 0 Å². The highest BCUT2D eigenvalue weighted by atomic mass is 32.1. The van der Waals surface area contributed by atoms with Crippen LogP contribution in [0.5, 0.6) is 0 Å². The highest BCUT2D eigenvalue weighted by molar-refractivity contribution is 7.13. The first-order valence-electron chi connectivity index (χ1n) is 11.4. The summed E-state index contributed by atoms with van der Waals surface area (Å²) in [5.41, 5.74) is 2.64. The first-order chi connectivity index (χ1) is 15.5. The minimum atomic E-state index is -0.219. The quantitative estimate of drug-likeness (QED) is 0.617. The molecule has 2 aliphatic rings. The summed E-state index contributed by atoms with van der Waals surface area (Å²) in [6, 6.07) is 4.20. The van der Waals surface area contributed by atoms with Gasteiger partial charge in [0.1, 0.15) is 5.69 Å². The van der Waals surface area contributed by atoms with Gasteiger partial charge in [-0.1, -0.05) is 13.8 Å². The molecule has 1 amide bonds. The molecular weight excluding hydrogens is 424 g/mol. The number of amides is 1. The molecule has 8 nitrogen and oxygen atoms in total. The van der Waals surface area contributed by atoms with Gasteiger partial charge in [-0.3, -0.25) is 4.79 Å². The molecule has 2 aliphatic heterocycles. The standard InChI is InChI=1S/C23H30N6O2S/c1-15(2)18-13-28-8-3-4-20(28)21(25-18)29-9-5-16(12-29)24-22(31)19-14-32-23(26-19)27-10-6-17(30)7-11-27/h3-4,8,13-17,30H,5-7,9-12H2,1-2H3,(H,24,31)/t16-/m0/s1. The van der Waals surface area contributed by atoms with Crippen molar-refractivity contribution in [2.45, 2.75) is 51.2 Å². The second-order valence-corrected chi connectivity index (χ2v) is 9.92. The van der Waals surface area contributed by atoms with E-state index in [0.717, 1.165) is 67.6 Å². The minimum absolute atomic E-state index is 0.0669. The Bertz CT molecular complexity index is 1100. The van der Waals surface area contributed by atoms with Crippen LogP contribution in [-0.4, -0.2) is 63.7 Å². The molecule has 1 atom stereocenters. The molecule has 3 aromatic heterocycles. The second-order valence-electron chi connectivity index (χ2n) is 9.08. The predicted molar refractivity (Wildman–Crippen MR) is 127 cm³/mol. The first-order valence-corrected chi connectivity index (χ1v) is 12.3. The summed E-state index contributed by atoms with van der Waals surface area (Å²) in [6.07, 6.45) is 6.32. The average Bonchev–Trinajstić information content (AvgIpc) is 3.54. The number of carbonyl (C=O) groups is 1. The van der Waals surface area contributed by atoms with Crippen LogP contribution in [0.2, 0.25) is 0 Å². The number of nitrogens with one attached hydrogen (secondary N) is 1. The lowest BCUT2D eigenvalue weighted by atomic mass is 10.1. The Hall–Kier alpha value is -2.65. The summed E-state index contributed by atoms with van der Waals surface area (Å²) in [4.78, 5) is 26.8. The monoisotopic (exact) mass is 454 g/mol. The summed E-state index contributed by atoms with van der Waals surface area (Å²) in [6.45, 7) is 7.47. The van der Waals surface area contributed by atoms with Gasteiger partial charge < -0.3 is 24.6 Å². The summed E-state index contributed by atoms with van der Waals surface area (Å²) >= 11 is 1.50. The molecule has 32 heavy (non-hydrogen) atoms. The topological polar surface area (TPSA) is 86.0 Å². The van der Waals surface area contributed by atoms with Gasteiger partial charge in [0.15, 0.2) is 10.9 Å². The third kappa shape index (κ3) is 4.19. The summed E-state index contributed by atoms with van der Waals surface area (Å²) in [7, 11) is 0. The molecular formula is C23H30N6O2S. The number of aromatic nitrogens is 3. The molecule has 3 aromatic rings. The van der Waals surface area contributed by atoms with Crippen molar-refractivity contribution in [3.8, 4) is 0 Å². The molecule has 0 aromatic carbocycles. The van der Waals surface area contributed by atoms with Gasteiger partial charge in [-0.25, -0.2) is 9.97 Å². The molecule has 0 spiro atoms. The van der Waals surface area contributed by atoms with E-state index in [9.17, 15) is 9.90 Å². The third-order valence-corrected chi connectivity index (χ3v) is 7.29. The van der Waals surface area contributed by atoms with Crippen LogP contribution in [0.4, 0.5) is 10.9 Å². The maximum Gasteiger partial charge on any atom is 0.271 e. The Morgan fingerprint density at radius 3 is 2.75 bits per heavy atom. The number of fused-ring (bicyclic) bond motifs is 1. The van der Waals surface area contributed by atoms with Gasteiger partial charge in [-0.05, 0) is 37.3 Å². The molecule has 0 aliphatic carbocycles. The number of hydrogen-bond donors (Lipinski definition) is 2. The molecule has 0 radical (unpaired) electrons. The van der Waals surface area contributed by atoms with Gasteiger partial charge in [-0.2, -0.15) is 0 Å². The van der Waals surface area contributed by atoms with E-state index < -0.39 is 0 Å². The van der Waals surface area contributed by atoms with Gasteiger partial charge in [0.05, 0.1) is 17.3 Å². The van der Waals surface area contributed by atoms with Crippen LogP contribution in [0.15, 0.2) is 29.9 Å². The molecule has 2 fully saturated rings. The molecule has 5 rings (SSSR count). The van der Waals surface area contributed by atoms with Gasteiger partial charge in [-0.15, -0.1) is 11.3 Å². The molecule has 2 saturated heterocycles. The van der Waals surface area contributed by atoms with E-state index in [4.69, 9.17) is 4.98 Å². The van der Waals surface area contributed by atoms with Crippen molar-refractivity contribution in [1.29, 1.82) is 0 Å². The van der Waals surface area contributed by atoms with Gasteiger partial charge in [0, 0.05) is 50.0 Å². The van der Waals surface area contributed by atoms with E-state index in [0.29, 0.717) is 11.6 Å². The Morgan fingerprint density at radius 1 is 1.19 bits per heavy atom. The van der Waals surface area contributed by atoms with E-state index in [1.807, 2.05) is 11.4 Å². The summed E-state index contributed by atoms with van der Waals surface area (Å²) < 4.78 is 2.14. The Morgan fingerprint density at radius 2 is 1.97 bits per heavy atom. The van der Waals surface area contributed by atoms with Crippen LogP contribution in [0, 0.1) is 0 Å². The highest BCUT2D eigenvalue weighted by Gasteiger charge is 2.28. The maximum absolute atomic E-state index is 12.8. The summed E-state index contributed by atoms with van der Waals surface area (Å²) in [5.74, 6) is 1.22. The number of piperidine rings is 1. The van der Waals surface area contributed by atoms with E-state index in [2.05, 4.69) is 56.8 Å². The number of nitrogens with zero attached hydrogens (tertiary/aromatic N) is 5. The van der Waals surface area contributed by atoms with E-state index in [1.165, 1.54) is 11.3 Å². The van der Waals surface area contributed by atoms with Crippen molar-refractivity contribution in [2.24, 2.45) is 0 Å². The number of anilines is 2. The van der Waals surface area contributed by atoms with Crippen molar-refractivity contribution >= 4 is 33.7 Å². The van der Waals surface area contributed by atoms with Gasteiger partial charge >= 0.3 is 0 Å². The Balaban J connectivity index is 1.25. The number of rotatable bonds is 5. The van der Waals surface area contributed by atoms with Crippen molar-refractivity contribution in [3.05, 3.63) is 41.3 Å². The van der Waals surface area contributed by atoms with Gasteiger partial charge in [0.2, 0.25) is 0 Å². The van der Waals surface area contributed by atoms with Crippen LogP contribution in [-0.2, 0) is 0 Å². The molecule has 0 unspecified atom stereocenters. The third-order valence-electron chi connectivity index (χ3n) is 6.39. The first kappa shape index (κ1) is 21.2. The fourth-order valence-electron chi connectivity index (χ4n) is 4.46. The van der Waals surface area contributed by atoms with Crippen molar-refractivity contribution in [1.82, 2.24) is 19.7 Å². The number of hydrogen-bond acceptors (Lipinski definition) is 7. The zero-order valence-electron chi connectivity index (χ0n) is 18.6. The lowest BCUT2D eigenvalue weighted by Gasteiger charge is -2.29. The molecule has 0 bridgehead atoms. The van der Waals surface area contributed by atoms with Crippen molar-refractivity contribution in [2.75, 3.05) is 36.0 Å². The van der Waals surface area contributed by atoms with Crippen LogP contribution >= 0.6 is 11.3 Å². The van der Waals surface area contributed by atoms with Crippen LogP contribution in [0.25, 0.3) is 5.52 Å². The Kier molecular flexibility index (Phi) is 5.77. The van der Waals surface area contributed by atoms with E-state index in [1.54, 1.807) is 0 Å². The lowest BCUT2D eigenvalue weighted by molar-refractivity contribution is 0.0936. The zero-order valence-corrected chi connectivity index (χ0v) is 19.4. The molecule has 2 N–H and O–H groups in total. The second kappa shape index (κ2) is 8.71. The van der Waals surface area contributed by atoms with Crippen LogP contribution in [0.3, 0.4) is 0 Å². The summed E-state index contributed by atoms with van der Waals surface area (Å²) in [5, 5.41) is 15.6. The Labute approximate surface area is 191 Å². The van der Waals surface area contributed by atoms with E-state index >= 15 is 0 Å². The fraction of sp³-hybridized carbons (Fsp3) is 0.522. The molecule has 0 saturated carbocycles. The molecule has 170 valence electrons. The predicted octanol–water partition coefficient (Wildman–Crippen LogP) is 2.88. The minimum Gasteiger partial charge on any atom is -0.393 e. The van der Waals surface area contributed by atoms with Crippen LogP contribution < -0.4 is 15.1 Å². The zero-order chi connectivity index (χ0) is 22.2.